The van der Waals surface area contributed by atoms with E-state index in [9.17, 15) is 4.79 Å². The number of rotatable bonds is 7. The molecule has 6 heteroatoms. The highest BCUT2D eigenvalue weighted by molar-refractivity contribution is 5.80. The summed E-state index contributed by atoms with van der Waals surface area (Å²) in [6.07, 6.45) is 7.88. The molecule has 0 aromatic heterocycles. The molecule has 1 amide bonds. The number of unbranched alkanes of at least 4 members (excludes halogenated alkanes) is 1. The molecule has 0 heterocycles. The third kappa shape index (κ3) is 10.8. The van der Waals surface area contributed by atoms with Crippen molar-refractivity contribution in [2.24, 2.45) is 4.99 Å². The van der Waals surface area contributed by atoms with Crippen LogP contribution in [0.15, 0.2) is 4.99 Å². The van der Waals surface area contributed by atoms with Crippen LogP contribution in [-0.2, 0) is 4.74 Å². The van der Waals surface area contributed by atoms with E-state index in [1.165, 1.54) is 0 Å². The first-order valence-electron chi connectivity index (χ1n) is 7.69. The summed E-state index contributed by atoms with van der Waals surface area (Å²) in [6.45, 7) is 8.51. The summed E-state index contributed by atoms with van der Waals surface area (Å²) >= 11 is 0. The number of ether oxygens (including phenoxy) is 1. The van der Waals surface area contributed by atoms with Crippen molar-refractivity contribution in [3.8, 4) is 12.3 Å². The Labute approximate surface area is 134 Å². The third-order valence-electron chi connectivity index (χ3n) is 2.72. The van der Waals surface area contributed by atoms with Crippen molar-refractivity contribution in [3.63, 3.8) is 0 Å². The summed E-state index contributed by atoms with van der Waals surface area (Å²) in [5.74, 6) is 3.13. The zero-order chi connectivity index (χ0) is 17.0. The van der Waals surface area contributed by atoms with Crippen LogP contribution in [0.25, 0.3) is 0 Å². The Kier molecular flexibility index (Phi) is 9.84. The second-order valence-electron chi connectivity index (χ2n) is 6.00. The Morgan fingerprint density at radius 1 is 1.36 bits per heavy atom. The summed E-state index contributed by atoms with van der Waals surface area (Å²) in [7, 11) is 1.68. The van der Waals surface area contributed by atoms with E-state index in [1.807, 2.05) is 20.8 Å². The Bertz CT molecular complexity index is 394. The smallest absolute Gasteiger partial charge is 0.407 e. The van der Waals surface area contributed by atoms with Crippen molar-refractivity contribution in [1.29, 1.82) is 0 Å². The molecule has 3 N–H and O–H groups in total. The van der Waals surface area contributed by atoms with Crippen LogP contribution in [0.4, 0.5) is 4.79 Å². The second-order valence-corrected chi connectivity index (χ2v) is 6.00. The largest absolute Gasteiger partial charge is 0.444 e. The number of aliphatic imine (C=N–C) groups is 1. The Balaban J connectivity index is 4.45. The van der Waals surface area contributed by atoms with E-state index >= 15 is 0 Å². The number of guanidine groups is 1. The minimum absolute atomic E-state index is 0.0662. The Morgan fingerprint density at radius 3 is 2.55 bits per heavy atom. The van der Waals surface area contributed by atoms with Crippen molar-refractivity contribution in [2.45, 2.75) is 58.6 Å². The Morgan fingerprint density at radius 2 is 2.05 bits per heavy atom. The molecule has 0 saturated heterocycles. The molecule has 1 atom stereocenters. The van der Waals surface area contributed by atoms with Crippen molar-refractivity contribution in [1.82, 2.24) is 16.0 Å². The molecule has 0 fully saturated rings. The lowest BCUT2D eigenvalue weighted by Gasteiger charge is -2.23. The summed E-state index contributed by atoms with van der Waals surface area (Å²) in [4.78, 5) is 15.8. The number of hydrogen-bond acceptors (Lipinski definition) is 3. The standard InChI is InChI=1S/C16H30N4O2/c1-7-9-10-13(20-14(17-6)18-11-8-2)12-19-15(21)22-16(3,4)5/h2,13H,7,9-12H2,1,3-6H3,(H,19,21)(H2,17,18,20). The number of nitrogens with zero attached hydrogens (tertiary/aromatic N) is 1. The van der Waals surface area contributed by atoms with Crippen LogP contribution in [0.3, 0.4) is 0 Å². The third-order valence-corrected chi connectivity index (χ3v) is 2.72. The summed E-state index contributed by atoms with van der Waals surface area (Å²) < 4.78 is 5.24. The molecule has 22 heavy (non-hydrogen) atoms. The molecule has 0 aliphatic carbocycles. The molecule has 126 valence electrons. The lowest BCUT2D eigenvalue weighted by molar-refractivity contribution is 0.0523. The monoisotopic (exact) mass is 310 g/mol. The number of nitrogens with one attached hydrogen (secondary N) is 3. The maximum Gasteiger partial charge on any atom is 0.407 e. The van der Waals surface area contributed by atoms with Crippen molar-refractivity contribution < 1.29 is 9.53 Å². The first-order chi connectivity index (χ1) is 10.3. The van der Waals surface area contributed by atoms with Gasteiger partial charge in [-0.2, -0.15) is 0 Å². The van der Waals surface area contributed by atoms with Crippen LogP contribution in [0.1, 0.15) is 47.0 Å². The molecule has 0 rings (SSSR count). The Hall–Kier alpha value is -1.90. The highest BCUT2D eigenvalue weighted by Crippen LogP contribution is 2.06. The van der Waals surface area contributed by atoms with Gasteiger partial charge in [0.1, 0.15) is 5.60 Å². The molecular weight excluding hydrogens is 280 g/mol. The van der Waals surface area contributed by atoms with Gasteiger partial charge in [-0.05, 0) is 27.2 Å². The van der Waals surface area contributed by atoms with Crippen molar-refractivity contribution in [3.05, 3.63) is 0 Å². The van der Waals surface area contributed by atoms with Gasteiger partial charge >= 0.3 is 6.09 Å². The van der Waals surface area contributed by atoms with Crippen LogP contribution < -0.4 is 16.0 Å². The zero-order valence-corrected chi connectivity index (χ0v) is 14.5. The van der Waals surface area contributed by atoms with E-state index in [-0.39, 0.29) is 6.04 Å². The van der Waals surface area contributed by atoms with Gasteiger partial charge in [0.2, 0.25) is 0 Å². The number of amides is 1. The van der Waals surface area contributed by atoms with E-state index in [2.05, 4.69) is 33.8 Å². The lowest BCUT2D eigenvalue weighted by Crippen LogP contribution is -2.49. The number of alkyl carbamates (subject to hydrolysis) is 1. The molecule has 1 unspecified atom stereocenters. The summed E-state index contributed by atoms with van der Waals surface area (Å²) in [5, 5.41) is 9.06. The van der Waals surface area contributed by atoms with Crippen molar-refractivity contribution in [2.75, 3.05) is 20.1 Å². The maximum absolute atomic E-state index is 11.7. The average Bonchev–Trinajstić information content (AvgIpc) is 2.43. The number of carbonyl (C=O) groups is 1. The molecule has 0 aromatic rings. The molecule has 0 spiro atoms. The molecular formula is C16H30N4O2. The summed E-state index contributed by atoms with van der Waals surface area (Å²) in [6, 6.07) is 0.0662. The van der Waals surface area contributed by atoms with Crippen LogP contribution in [0.2, 0.25) is 0 Å². The van der Waals surface area contributed by atoms with Gasteiger partial charge in [0.05, 0.1) is 6.54 Å². The van der Waals surface area contributed by atoms with E-state index < -0.39 is 11.7 Å². The molecule has 0 aliphatic rings. The van der Waals surface area contributed by atoms with Gasteiger partial charge < -0.3 is 20.7 Å². The van der Waals surface area contributed by atoms with Gasteiger partial charge in [-0.1, -0.05) is 25.7 Å². The van der Waals surface area contributed by atoms with E-state index in [4.69, 9.17) is 11.2 Å². The number of carbonyl (C=O) groups excluding carboxylic acids is 1. The van der Waals surface area contributed by atoms with Crippen LogP contribution >= 0.6 is 0 Å². The van der Waals surface area contributed by atoms with E-state index in [1.54, 1.807) is 7.05 Å². The van der Waals surface area contributed by atoms with Gasteiger partial charge in [-0.3, -0.25) is 4.99 Å². The maximum atomic E-state index is 11.7. The molecule has 0 aromatic carbocycles. The van der Waals surface area contributed by atoms with Gasteiger partial charge in [0.15, 0.2) is 5.96 Å². The predicted molar refractivity (Wildman–Crippen MR) is 90.9 cm³/mol. The quantitative estimate of drug-likeness (QED) is 0.381. The van der Waals surface area contributed by atoms with Crippen LogP contribution in [0, 0.1) is 12.3 Å². The van der Waals surface area contributed by atoms with E-state index in [0.717, 1.165) is 19.3 Å². The summed E-state index contributed by atoms with van der Waals surface area (Å²) in [5.41, 5.74) is -0.499. The van der Waals surface area contributed by atoms with Crippen molar-refractivity contribution >= 4 is 12.1 Å². The number of hydrogen-bond donors (Lipinski definition) is 3. The van der Waals surface area contributed by atoms with Gasteiger partial charge in [0.25, 0.3) is 0 Å². The molecule has 0 radical (unpaired) electrons. The normalized spacial score (nSPS) is 13.0. The van der Waals surface area contributed by atoms with Crippen LogP contribution in [0.5, 0.6) is 0 Å². The SMILES string of the molecule is C#CCNC(=NC)NC(CCCC)CNC(=O)OC(C)(C)C. The predicted octanol–water partition coefficient (Wildman–Crippen LogP) is 1.87. The fourth-order valence-corrected chi connectivity index (χ4v) is 1.72. The fourth-order valence-electron chi connectivity index (χ4n) is 1.72. The van der Waals surface area contributed by atoms with E-state index in [0.29, 0.717) is 19.0 Å². The molecule has 6 nitrogen and oxygen atoms in total. The highest BCUT2D eigenvalue weighted by atomic mass is 16.6. The van der Waals surface area contributed by atoms with Gasteiger partial charge in [-0.15, -0.1) is 6.42 Å². The molecule has 0 aliphatic heterocycles. The molecule has 0 bridgehead atoms. The van der Waals surface area contributed by atoms with Gasteiger partial charge in [0, 0.05) is 19.6 Å². The fraction of sp³-hybridized carbons (Fsp3) is 0.750. The second kappa shape index (κ2) is 10.8. The minimum atomic E-state index is -0.499. The minimum Gasteiger partial charge on any atom is -0.444 e. The first kappa shape index (κ1) is 20.1. The van der Waals surface area contributed by atoms with Crippen LogP contribution in [-0.4, -0.2) is 43.8 Å². The zero-order valence-electron chi connectivity index (χ0n) is 14.5. The van der Waals surface area contributed by atoms with Gasteiger partial charge in [-0.25, -0.2) is 4.79 Å². The first-order valence-corrected chi connectivity index (χ1v) is 7.69. The average molecular weight is 310 g/mol. The highest BCUT2D eigenvalue weighted by Gasteiger charge is 2.17. The number of terminal acetylenes is 1. The molecule has 0 saturated carbocycles. The lowest BCUT2D eigenvalue weighted by atomic mass is 10.1. The topological polar surface area (TPSA) is 74.8 Å².